The van der Waals surface area contributed by atoms with Gasteiger partial charge < -0.3 is 10.6 Å². The number of hydrogen-bond acceptors (Lipinski definition) is 5. The average Bonchev–Trinajstić information content (AvgIpc) is 2.87. The van der Waals surface area contributed by atoms with Crippen molar-refractivity contribution in [3.8, 4) is 0 Å². The molecule has 0 fully saturated rings. The fraction of sp³-hybridized carbons (Fsp3) is 0.214. The van der Waals surface area contributed by atoms with Gasteiger partial charge in [0.2, 0.25) is 11.9 Å². The lowest BCUT2D eigenvalue weighted by atomic mass is 10.2. The fourth-order valence-electron chi connectivity index (χ4n) is 2.22. The second kappa shape index (κ2) is 5.55. The van der Waals surface area contributed by atoms with E-state index in [1.54, 1.807) is 24.9 Å². The molecule has 0 amide bonds. The molecule has 0 radical (unpaired) electrons. The van der Waals surface area contributed by atoms with E-state index in [2.05, 4.69) is 25.6 Å². The second-order valence-electron chi connectivity index (χ2n) is 4.62. The maximum atomic E-state index is 13.9. The minimum atomic E-state index is -0.605. The molecule has 6 nitrogen and oxygen atoms in total. The summed E-state index contributed by atoms with van der Waals surface area (Å²) in [5.74, 6) is -0.343. The van der Waals surface area contributed by atoms with Crippen LogP contribution in [0.25, 0.3) is 11.2 Å². The molecule has 0 spiro atoms. The van der Waals surface area contributed by atoms with Crippen LogP contribution in [0.2, 0.25) is 0 Å². The van der Waals surface area contributed by atoms with Crippen LogP contribution in [0.4, 0.5) is 20.7 Å². The van der Waals surface area contributed by atoms with Crippen molar-refractivity contribution in [1.29, 1.82) is 0 Å². The van der Waals surface area contributed by atoms with E-state index >= 15 is 0 Å². The summed E-state index contributed by atoms with van der Waals surface area (Å²) < 4.78 is 29.4. The highest BCUT2D eigenvalue weighted by Crippen LogP contribution is 2.22. The Morgan fingerprint density at radius 3 is 2.45 bits per heavy atom. The van der Waals surface area contributed by atoms with E-state index < -0.39 is 11.6 Å². The Balaban J connectivity index is 2.16. The van der Waals surface area contributed by atoms with E-state index in [-0.39, 0.29) is 12.1 Å². The first-order valence-electron chi connectivity index (χ1n) is 6.65. The van der Waals surface area contributed by atoms with E-state index in [1.165, 1.54) is 18.2 Å². The zero-order valence-corrected chi connectivity index (χ0v) is 12.1. The summed E-state index contributed by atoms with van der Waals surface area (Å²) in [5, 5.41) is 5.73. The van der Waals surface area contributed by atoms with Crippen molar-refractivity contribution in [2.24, 2.45) is 0 Å². The summed E-state index contributed by atoms with van der Waals surface area (Å²) in [4.78, 5) is 12.7. The summed E-state index contributed by atoms with van der Waals surface area (Å²) in [7, 11) is 3.37. The number of benzene rings is 1. The Hall–Kier alpha value is -2.77. The van der Waals surface area contributed by atoms with Crippen LogP contribution in [0.3, 0.4) is 0 Å². The van der Waals surface area contributed by atoms with E-state index in [4.69, 9.17) is 0 Å². The van der Waals surface area contributed by atoms with Crippen LogP contribution in [-0.4, -0.2) is 33.6 Å². The van der Waals surface area contributed by atoms with Crippen LogP contribution in [0.1, 0.15) is 5.56 Å². The van der Waals surface area contributed by atoms with E-state index in [0.29, 0.717) is 23.1 Å². The Bertz CT molecular complexity index is 809. The van der Waals surface area contributed by atoms with Crippen molar-refractivity contribution in [3.05, 3.63) is 41.6 Å². The molecule has 0 unspecified atom stereocenters. The molecular weight excluding hydrogens is 290 g/mol. The average molecular weight is 304 g/mol. The van der Waals surface area contributed by atoms with Gasteiger partial charge >= 0.3 is 0 Å². The molecule has 114 valence electrons. The van der Waals surface area contributed by atoms with Gasteiger partial charge in [0.15, 0.2) is 5.65 Å². The first-order valence-corrected chi connectivity index (χ1v) is 6.65. The number of nitrogens with one attached hydrogen (secondary N) is 2. The van der Waals surface area contributed by atoms with Crippen LogP contribution >= 0.6 is 0 Å². The summed E-state index contributed by atoms with van der Waals surface area (Å²) in [5.41, 5.74) is 0.995. The highest BCUT2D eigenvalue weighted by Gasteiger charge is 2.16. The second-order valence-corrected chi connectivity index (χ2v) is 4.62. The van der Waals surface area contributed by atoms with Gasteiger partial charge in [0.25, 0.3) is 0 Å². The molecule has 2 aromatic heterocycles. The Kier molecular flexibility index (Phi) is 3.58. The van der Waals surface area contributed by atoms with Gasteiger partial charge in [-0.25, -0.2) is 18.7 Å². The number of nitrogens with zero attached hydrogens (tertiary/aromatic N) is 4. The predicted molar refractivity (Wildman–Crippen MR) is 79.9 cm³/mol. The van der Waals surface area contributed by atoms with Gasteiger partial charge in [-0.15, -0.1) is 0 Å². The molecule has 8 heteroatoms. The first kappa shape index (κ1) is 14.2. The van der Waals surface area contributed by atoms with Crippen molar-refractivity contribution in [1.82, 2.24) is 19.5 Å². The van der Waals surface area contributed by atoms with Gasteiger partial charge in [-0.2, -0.15) is 4.98 Å². The number of halogens is 2. The number of imidazole rings is 1. The van der Waals surface area contributed by atoms with Gasteiger partial charge in [0, 0.05) is 19.7 Å². The van der Waals surface area contributed by atoms with Crippen molar-refractivity contribution < 1.29 is 8.78 Å². The number of aromatic nitrogens is 4. The Labute approximate surface area is 125 Å². The molecule has 0 aliphatic heterocycles. The molecule has 0 bridgehead atoms. The summed E-state index contributed by atoms with van der Waals surface area (Å²) in [6.07, 6.45) is 1.56. The van der Waals surface area contributed by atoms with Crippen molar-refractivity contribution in [2.75, 3.05) is 24.7 Å². The number of fused-ring (bicyclic) bond motifs is 1. The predicted octanol–water partition coefficient (Wildman–Crippen LogP) is 2.24. The summed E-state index contributed by atoms with van der Waals surface area (Å²) in [6.45, 7) is -0.0225. The van der Waals surface area contributed by atoms with Crippen LogP contribution in [-0.2, 0) is 6.54 Å². The number of hydrogen-bond donors (Lipinski definition) is 2. The standard InChI is InChI=1S/C14H14F2N6/c1-17-13-19-6-11-12(21-13)22(14(18-2)20-11)7-8-9(15)4-3-5-10(8)16/h3-6H,7H2,1-2H3,(H,18,20)(H,17,19,21). The molecule has 0 aliphatic rings. The molecule has 0 saturated carbocycles. The zero-order chi connectivity index (χ0) is 15.7. The summed E-state index contributed by atoms with van der Waals surface area (Å²) >= 11 is 0. The molecule has 3 rings (SSSR count). The minimum absolute atomic E-state index is 0.0225. The highest BCUT2D eigenvalue weighted by molar-refractivity contribution is 5.75. The molecule has 22 heavy (non-hydrogen) atoms. The van der Waals surface area contributed by atoms with E-state index in [1.807, 2.05) is 0 Å². The van der Waals surface area contributed by atoms with Crippen molar-refractivity contribution in [2.45, 2.75) is 6.54 Å². The Morgan fingerprint density at radius 2 is 1.82 bits per heavy atom. The monoisotopic (exact) mass is 304 g/mol. The van der Waals surface area contributed by atoms with Gasteiger partial charge in [-0.1, -0.05) is 6.07 Å². The maximum Gasteiger partial charge on any atom is 0.224 e. The van der Waals surface area contributed by atoms with Gasteiger partial charge in [-0.05, 0) is 12.1 Å². The van der Waals surface area contributed by atoms with Gasteiger partial charge in [0.1, 0.15) is 17.2 Å². The number of rotatable bonds is 4. The topological polar surface area (TPSA) is 67.7 Å². The molecule has 3 aromatic rings. The lowest BCUT2D eigenvalue weighted by Gasteiger charge is -2.10. The minimum Gasteiger partial charge on any atom is -0.359 e. The van der Waals surface area contributed by atoms with Crippen LogP contribution < -0.4 is 10.6 Å². The van der Waals surface area contributed by atoms with Crippen LogP contribution in [0, 0.1) is 11.6 Å². The fourth-order valence-corrected chi connectivity index (χ4v) is 2.22. The molecular formula is C14H14F2N6. The third kappa shape index (κ3) is 2.32. The molecule has 2 N–H and O–H groups in total. The normalized spacial score (nSPS) is 10.9. The van der Waals surface area contributed by atoms with Crippen molar-refractivity contribution >= 4 is 23.1 Å². The van der Waals surface area contributed by atoms with Gasteiger partial charge in [-0.3, -0.25) is 4.57 Å². The third-order valence-corrected chi connectivity index (χ3v) is 3.31. The zero-order valence-electron chi connectivity index (χ0n) is 12.1. The maximum absolute atomic E-state index is 13.9. The first-order chi connectivity index (χ1) is 10.6. The Morgan fingerprint density at radius 1 is 1.09 bits per heavy atom. The van der Waals surface area contributed by atoms with Crippen molar-refractivity contribution in [3.63, 3.8) is 0 Å². The van der Waals surface area contributed by atoms with Crippen LogP contribution in [0.5, 0.6) is 0 Å². The highest BCUT2D eigenvalue weighted by atomic mass is 19.1. The molecule has 0 saturated heterocycles. The molecule has 0 atom stereocenters. The summed E-state index contributed by atoms with van der Waals surface area (Å²) in [6, 6.07) is 3.79. The lowest BCUT2D eigenvalue weighted by molar-refractivity contribution is 0.547. The van der Waals surface area contributed by atoms with Crippen LogP contribution in [0.15, 0.2) is 24.4 Å². The molecule has 0 aliphatic carbocycles. The largest absolute Gasteiger partial charge is 0.359 e. The molecule has 2 heterocycles. The quantitative estimate of drug-likeness (QED) is 0.774. The van der Waals surface area contributed by atoms with Gasteiger partial charge in [0.05, 0.1) is 12.7 Å². The smallest absolute Gasteiger partial charge is 0.224 e. The third-order valence-electron chi connectivity index (χ3n) is 3.31. The molecule has 1 aromatic carbocycles. The van der Waals surface area contributed by atoms with E-state index in [9.17, 15) is 8.78 Å². The lowest BCUT2D eigenvalue weighted by Crippen LogP contribution is -2.09. The number of anilines is 2. The SMILES string of the molecule is CNc1ncc2nc(NC)n(Cc3c(F)cccc3F)c2n1. The van der Waals surface area contributed by atoms with E-state index in [0.717, 1.165) is 0 Å².